The van der Waals surface area contributed by atoms with E-state index in [9.17, 15) is 9.90 Å². The smallest absolute Gasteiger partial charge is 0.251 e. The molecule has 1 amide bonds. The molecular weight excluding hydrogens is 326 g/mol. The molecule has 1 saturated heterocycles. The largest absolute Gasteiger partial charge is 0.395 e. The third kappa shape index (κ3) is 5.19. The lowest BCUT2D eigenvalue weighted by molar-refractivity contribution is 0.0868. The Balaban J connectivity index is 1.40. The minimum Gasteiger partial charge on any atom is -0.395 e. The number of carbonyl (C=O) groups excluding carboxylic acids is 1. The Bertz CT molecular complexity index is 667. The molecule has 0 unspecified atom stereocenters. The molecule has 5 heteroatoms. The van der Waals surface area contributed by atoms with Crippen LogP contribution in [0.25, 0.3) is 0 Å². The van der Waals surface area contributed by atoms with E-state index in [1.807, 2.05) is 48.8 Å². The van der Waals surface area contributed by atoms with Crippen molar-refractivity contribution < 1.29 is 9.90 Å². The zero-order valence-corrected chi connectivity index (χ0v) is 15.3. The summed E-state index contributed by atoms with van der Waals surface area (Å²) in [6.45, 7) is 3.71. The van der Waals surface area contributed by atoms with Gasteiger partial charge in [0.05, 0.1) is 6.61 Å². The highest BCUT2D eigenvalue weighted by Crippen LogP contribution is 2.16. The van der Waals surface area contributed by atoms with Crippen LogP contribution in [-0.2, 0) is 6.54 Å². The Morgan fingerprint density at radius 3 is 2.65 bits per heavy atom. The summed E-state index contributed by atoms with van der Waals surface area (Å²) in [6.07, 6.45) is 8.47. The van der Waals surface area contributed by atoms with Crippen molar-refractivity contribution in [3.8, 4) is 0 Å². The number of aliphatic hydroxyl groups excluding tert-OH is 1. The fraction of sp³-hybridized carbons (Fsp3) is 0.476. The van der Waals surface area contributed by atoms with Gasteiger partial charge < -0.3 is 15.0 Å². The van der Waals surface area contributed by atoms with Gasteiger partial charge in [-0.25, -0.2) is 0 Å². The molecule has 2 heterocycles. The van der Waals surface area contributed by atoms with Gasteiger partial charge >= 0.3 is 0 Å². The molecule has 1 aliphatic heterocycles. The van der Waals surface area contributed by atoms with E-state index in [2.05, 4.69) is 14.8 Å². The molecule has 140 valence electrons. The van der Waals surface area contributed by atoms with E-state index < -0.39 is 0 Å². The zero-order valence-electron chi connectivity index (χ0n) is 15.3. The minimum atomic E-state index is -0.0186. The molecule has 2 aromatic rings. The quantitative estimate of drug-likeness (QED) is 0.716. The maximum atomic E-state index is 12.3. The summed E-state index contributed by atoms with van der Waals surface area (Å²) in [5, 5.41) is 12.4. The normalized spacial score (nSPS) is 18.0. The summed E-state index contributed by atoms with van der Waals surface area (Å²) >= 11 is 0. The fourth-order valence-corrected chi connectivity index (χ4v) is 3.60. The zero-order chi connectivity index (χ0) is 18.2. The van der Waals surface area contributed by atoms with Gasteiger partial charge in [0, 0.05) is 43.6 Å². The van der Waals surface area contributed by atoms with E-state index in [0.717, 1.165) is 32.5 Å². The van der Waals surface area contributed by atoms with Crippen molar-refractivity contribution in [1.82, 2.24) is 14.8 Å². The predicted octanol–water partition coefficient (Wildman–Crippen LogP) is 2.50. The van der Waals surface area contributed by atoms with Crippen molar-refractivity contribution in [2.24, 2.45) is 0 Å². The van der Waals surface area contributed by atoms with Crippen molar-refractivity contribution in [1.29, 1.82) is 0 Å². The van der Waals surface area contributed by atoms with Crippen molar-refractivity contribution in [3.63, 3.8) is 0 Å². The van der Waals surface area contributed by atoms with Gasteiger partial charge in [-0.05, 0) is 55.6 Å². The highest BCUT2D eigenvalue weighted by atomic mass is 16.3. The van der Waals surface area contributed by atoms with Gasteiger partial charge in [0.25, 0.3) is 5.91 Å². The van der Waals surface area contributed by atoms with E-state index in [-0.39, 0.29) is 12.5 Å². The Labute approximate surface area is 155 Å². The summed E-state index contributed by atoms with van der Waals surface area (Å²) < 4.78 is 2.11. The summed E-state index contributed by atoms with van der Waals surface area (Å²) in [6, 6.07) is 12.1. The first-order valence-electron chi connectivity index (χ1n) is 9.59. The Kier molecular flexibility index (Phi) is 6.86. The monoisotopic (exact) mass is 355 g/mol. The van der Waals surface area contributed by atoms with Crippen molar-refractivity contribution in [3.05, 3.63) is 59.9 Å². The number of amides is 1. The van der Waals surface area contributed by atoms with Gasteiger partial charge in [-0.2, -0.15) is 0 Å². The van der Waals surface area contributed by atoms with Crippen molar-refractivity contribution in [2.75, 3.05) is 26.2 Å². The van der Waals surface area contributed by atoms with Crippen LogP contribution in [0.2, 0.25) is 0 Å². The van der Waals surface area contributed by atoms with Gasteiger partial charge in [-0.15, -0.1) is 0 Å². The predicted molar refractivity (Wildman–Crippen MR) is 103 cm³/mol. The van der Waals surface area contributed by atoms with Gasteiger partial charge in [-0.1, -0.05) is 18.6 Å². The molecule has 26 heavy (non-hydrogen) atoms. The third-order valence-electron chi connectivity index (χ3n) is 5.11. The molecular formula is C21H29N3O2. The number of piperidine rings is 1. The van der Waals surface area contributed by atoms with Crippen molar-refractivity contribution >= 4 is 5.91 Å². The lowest BCUT2D eigenvalue weighted by Gasteiger charge is -2.34. The number of rotatable bonds is 8. The second kappa shape index (κ2) is 9.55. The van der Waals surface area contributed by atoms with E-state index >= 15 is 0 Å². The highest BCUT2D eigenvalue weighted by Gasteiger charge is 2.20. The molecule has 1 aliphatic rings. The molecule has 1 atom stereocenters. The Hall–Kier alpha value is -2.11. The lowest BCUT2D eigenvalue weighted by atomic mass is 10.0. The van der Waals surface area contributed by atoms with Crippen LogP contribution in [0, 0.1) is 0 Å². The van der Waals surface area contributed by atoms with Crippen LogP contribution < -0.4 is 5.32 Å². The van der Waals surface area contributed by atoms with Gasteiger partial charge in [0.15, 0.2) is 0 Å². The first kappa shape index (κ1) is 18.7. The molecule has 0 radical (unpaired) electrons. The van der Waals surface area contributed by atoms with Crippen LogP contribution in [0.4, 0.5) is 0 Å². The summed E-state index contributed by atoms with van der Waals surface area (Å²) in [5.74, 6) is -0.0186. The van der Waals surface area contributed by atoms with Crippen LogP contribution in [0.5, 0.6) is 0 Å². The van der Waals surface area contributed by atoms with Crippen LogP contribution >= 0.6 is 0 Å². The summed E-state index contributed by atoms with van der Waals surface area (Å²) in [7, 11) is 0. The van der Waals surface area contributed by atoms with Crippen molar-refractivity contribution in [2.45, 2.75) is 38.3 Å². The van der Waals surface area contributed by atoms with Crippen LogP contribution in [0.15, 0.2) is 48.8 Å². The second-order valence-corrected chi connectivity index (χ2v) is 7.03. The SMILES string of the molecule is O=C(NCCCN1CCCC[C@H]1CO)c1ccc(Cn2cccc2)cc1. The maximum absolute atomic E-state index is 12.3. The van der Waals surface area contributed by atoms with Crippen LogP contribution in [0.1, 0.15) is 41.6 Å². The molecule has 0 aliphatic carbocycles. The van der Waals surface area contributed by atoms with Crippen LogP contribution in [-0.4, -0.2) is 52.8 Å². The molecule has 0 saturated carbocycles. The molecule has 5 nitrogen and oxygen atoms in total. The number of hydrogen-bond acceptors (Lipinski definition) is 3. The number of benzene rings is 1. The second-order valence-electron chi connectivity index (χ2n) is 7.03. The number of nitrogens with zero attached hydrogens (tertiary/aromatic N) is 2. The van der Waals surface area contributed by atoms with E-state index in [1.54, 1.807) is 0 Å². The minimum absolute atomic E-state index is 0.0186. The first-order valence-corrected chi connectivity index (χ1v) is 9.59. The molecule has 2 N–H and O–H groups in total. The average Bonchev–Trinajstić information content (AvgIpc) is 3.19. The fourth-order valence-electron chi connectivity index (χ4n) is 3.60. The van der Waals surface area contributed by atoms with Crippen LogP contribution in [0.3, 0.4) is 0 Å². The molecule has 0 bridgehead atoms. The Morgan fingerprint density at radius 1 is 1.15 bits per heavy atom. The number of nitrogens with one attached hydrogen (secondary N) is 1. The number of aromatic nitrogens is 1. The number of hydrogen-bond donors (Lipinski definition) is 2. The first-order chi connectivity index (χ1) is 12.8. The molecule has 1 aromatic heterocycles. The average molecular weight is 355 g/mol. The van der Waals surface area contributed by atoms with E-state index in [0.29, 0.717) is 18.2 Å². The third-order valence-corrected chi connectivity index (χ3v) is 5.11. The standard InChI is InChI=1S/C21H29N3O2/c25-17-20-6-1-2-14-24(20)15-5-11-22-21(26)19-9-7-18(8-10-19)16-23-12-3-4-13-23/h3-4,7-10,12-13,20,25H,1-2,5-6,11,14-17H2,(H,22,26)/t20-/m0/s1. The van der Waals surface area contributed by atoms with E-state index in [4.69, 9.17) is 0 Å². The molecule has 1 aromatic carbocycles. The van der Waals surface area contributed by atoms with Gasteiger partial charge in [0.2, 0.25) is 0 Å². The van der Waals surface area contributed by atoms with Gasteiger partial charge in [0.1, 0.15) is 0 Å². The number of carbonyl (C=O) groups is 1. The Morgan fingerprint density at radius 2 is 1.92 bits per heavy atom. The molecule has 3 rings (SSSR count). The molecule has 1 fully saturated rings. The summed E-state index contributed by atoms with van der Waals surface area (Å²) in [5.41, 5.74) is 1.88. The number of aliphatic hydroxyl groups is 1. The highest BCUT2D eigenvalue weighted by molar-refractivity contribution is 5.94. The summed E-state index contributed by atoms with van der Waals surface area (Å²) in [4.78, 5) is 14.6. The topological polar surface area (TPSA) is 57.5 Å². The number of likely N-dealkylation sites (tertiary alicyclic amines) is 1. The van der Waals surface area contributed by atoms with Gasteiger partial charge in [-0.3, -0.25) is 9.69 Å². The van der Waals surface area contributed by atoms with E-state index in [1.165, 1.54) is 18.4 Å². The maximum Gasteiger partial charge on any atom is 0.251 e. The lowest BCUT2D eigenvalue weighted by Crippen LogP contribution is -2.43. The molecule has 0 spiro atoms.